The first-order valence-corrected chi connectivity index (χ1v) is 6.79. The van der Waals surface area contributed by atoms with Crippen molar-refractivity contribution in [3.63, 3.8) is 0 Å². The molecule has 0 spiro atoms. The van der Waals surface area contributed by atoms with Gasteiger partial charge in [-0.05, 0) is 25.3 Å². The largest absolute Gasteiger partial charge is 0.481 e. The van der Waals surface area contributed by atoms with E-state index in [4.69, 9.17) is 16.7 Å². The van der Waals surface area contributed by atoms with Crippen molar-refractivity contribution < 1.29 is 14.7 Å². The van der Waals surface area contributed by atoms with Crippen LogP contribution in [-0.2, 0) is 4.79 Å². The SMILES string of the molecule is CCC(CNC(=O)c1cc(Cl)cn1C1CC1)C(=O)O. The highest BCUT2D eigenvalue weighted by atomic mass is 35.5. The number of hydrogen-bond acceptors (Lipinski definition) is 2. The summed E-state index contributed by atoms with van der Waals surface area (Å²) in [5, 5.41) is 12.1. The summed E-state index contributed by atoms with van der Waals surface area (Å²) in [5.74, 6) is -1.71. The number of carbonyl (C=O) groups is 2. The van der Waals surface area contributed by atoms with E-state index in [1.54, 1.807) is 19.2 Å². The molecule has 1 unspecified atom stereocenters. The molecule has 2 N–H and O–H groups in total. The molecule has 104 valence electrons. The van der Waals surface area contributed by atoms with Crippen LogP contribution < -0.4 is 5.32 Å². The highest BCUT2D eigenvalue weighted by molar-refractivity contribution is 6.31. The zero-order valence-electron chi connectivity index (χ0n) is 10.7. The molecule has 6 heteroatoms. The Balaban J connectivity index is 2.01. The lowest BCUT2D eigenvalue weighted by Crippen LogP contribution is -2.33. The van der Waals surface area contributed by atoms with Crippen LogP contribution in [0.5, 0.6) is 0 Å². The lowest BCUT2D eigenvalue weighted by atomic mass is 10.1. The van der Waals surface area contributed by atoms with Crippen molar-refractivity contribution in [2.24, 2.45) is 5.92 Å². The Morgan fingerprint density at radius 2 is 2.26 bits per heavy atom. The zero-order chi connectivity index (χ0) is 14.0. The van der Waals surface area contributed by atoms with E-state index in [1.807, 2.05) is 4.57 Å². The molecule has 1 aromatic heterocycles. The lowest BCUT2D eigenvalue weighted by Gasteiger charge is -2.12. The van der Waals surface area contributed by atoms with Gasteiger partial charge in [-0.3, -0.25) is 9.59 Å². The molecule has 1 aliphatic carbocycles. The maximum absolute atomic E-state index is 12.1. The molecular weight excluding hydrogens is 268 g/mol. The molecule has 2 rings (SSSR count). The van der Waals surface area contributed by atoms with Gasteiger partial charge in [-0.2, -0.15) is 0 Å². The van der Waals surface area contributed by atoms with Crippen LogP contribution in [-0.4, -0.2) is 28.1 Å². The number of nitrogens with one attached hydrogen (secondary N) is 1. The van der Waals surface area contributed by atoms with Crippen LogP contribution in [0.3, 0.4) is 0 Å². The lowest BCUT2D eigenvalue weighted by molar-refractivity contribution is -0.141. The van der Waals surface area contributed by atoms with Crippen LogP contribution in [0.15, 0.2) is 12.3 Å². The van der Waals surface area contributed by atoms with E-state index < -0.39 is 11.9 Å². The maximum atomic E-state index is 12.1. The van der Waals surface area contributed by atoms with Crippen LogP contribution in [0.4, 0.5) is 0 Å². The first-order chi connectivity index (χ1) is 9.02. The molecule has 1 amide bonds. The number of aliphatic carboxylic acids is 1. The number of amides is 1. The van der Waals surface area contributed by atoms with Crippen LogP contribution in [0.1, 0.15) is 42.7 Å². The molecule has 1 saturated carbocycles. The average Bonchev–Trinajstić information content (AvgIpc) is 3.12. The number of nitrogens with zero attached hydrogens (tertiary/aromatic N) is 1. The molecule has 19 heavy (non-hydrogen) atoms. The number of carbonyl (C=O) groups excluding carboxylic acids is 1. The van der Waals surface area contributed by atoms with Crippen molar-refractivity contribution in [1.82, 2.24) is 9.88 Å². The van der Waals surface area contributed by atoms with Crippen LogP contribution in [0.25, 0.3) is 0 Å². The van der Waals surface area contributed by atoms with Gasteiger partial charge in [-0.1, -0.05) is 18.5 Å². The Labute approximate surface area is 116 Å². The van der Waals surface area contributed by atoms with Crippen LogP contribution >= 0.6 is 11.6 Å². The van der Waals surface area contributed by atoms with Crippen molar-refractivity contribution >= 4 is 23.5 Å². The Morgan fingerprint density at radius 3 is 2.79 bits per heavy atom. The van der Waals surface area contributed by atoms with Crippen LogP contribution in [0.2, 0.25) is 5.02 Å². The minimum atomic E-state index is -0.890. The fraction of sp³-hybridized carbons (Fsp3) is 0.538. The number of halogens is 1. The molecule has 1 heterocycles. The normalized spacial score (nSPS) is 16.1. The van der Waals surface area contributed by atoms with Crippen LogP contribution in [0, 0.1) is 5.92 Å². The molecule has 1 aromatic rings. The summed E-state index contributed by atoms with van der Waals surface area (Å²) < 4.78 is 1.87. The van der Waals surface area contributed by atoms with Gasteiger partial charge in [0.2, 0.25) is 0 Å². The third-order valence-electron chi connectivity index (χ3n) is 3.34. The standard InChI is InChI=1S/C13H17ClN2O3/c1-2-8(13(18)19)6-15-12(17)11-5-9(14)7-16(11)10-3-4-10/h5,7-8,10H,2-4,6H2,1H3,(H,15,17)(H,18,19). The van der Waals surface area contributed by atoms with Gasteiger partial charge in [0.15, 0.2) is 0 Å². The monoisotopic (exact) mass is 284 g/mol. The molecule has 0 bridgehead atoms. The second-order valence-corrected chi connectivity index (χ2v) is 5.27. The van der Waals surface area contributed by atoms with Gasteiger partial charge in [-0.25, -0.2) is 0 Å². The first kappa shape index (κ1) is 13.9. The molecule has 0 aromatic carbocycles. The van der Waals surface area contributed by atoms with E-state index >= 15 is 0 Å². The third-order valence-corrected chi connectivity index (χ3v) is 3.55. The van der Waals surface area contributed by atoms with E-state index in [9.17, 15) is 9.59 Å². The van der Waals surface area contributed by atoms with Crippen molar-refractivity contribution in [2.75, 3.05) is 6.54 Å². The second kappa shape index (κ2) is 5.65. The van der Waals surface area contributed by atoms with E-state index in [0.29, 0.717) is 23.2 Å². The number of carboxylic acid groups (broad SMARTS) is 1. The van der Waals surface area contributed by atoms with Gasteiger partial charge in [0.05, 0.1) is 10.9 Å². The molecule has 1 fully saturated rings. The fourth-order valence-electron chi connectivity index (χ4n) is 2.00. The van der Waals surface area contributed by atoms with Crippen molar-refractivity contribution in [3.8, 4) is 0 Å². The Bertz CT molecular complexity index is 494. The van der Waals surface area contributed by atoms with Gasteiger partial charge in [-0.15, -0.1) is 0 Å². The molecule has 0 aliphatic heterocycles. The summed E-state index contributed by atoms with van der Waals surface area (Å²) in [6.45, 7) is 1.92. The maximum Gasteiger partial charge on any atom is 0.308 e. The van der Waals surface area contributed by atoms with Gasteiger partial charge in [0, 0.05) is 18.8 Å². The summed E-state index contributed by atoms with van der Waals surface area (Å²) >= 11 is 5.93. The summed E-state index contributed by atoms with van der Waals surface area (Å²) in [4.78, 5) is 23.0. The summed E-state index contributed by atoms with van der Waals surface area (Å²) in [7, 11) is 0. The van der Waals surface area contributed by atoms with E-state index in [-0.39, 0.29) is 12.5 Å². The van der Waals surface area contributed by atoms with Gasteiger partial charge < -0.3 is 15.0 Å². The molecule has 1 aliphatic rings. The first-order valence-electron chi connectivity index (χ1n) is 6.41. The van der Waals surface area contributed by atoms with Crippen molar-refractivity contribution in [3.05, 3.63) is 23.0 Å². The van der Waals surface area contributed by atoms with Crippen molar-refractivity contribution in [1.29, 1.82) is 0 Å². The predicted molar refractivity (Wildman–Crippen MR) is 71.5 cm³/mol. The minimum Gasteiger partial charge on any atom is -0.481 e. The average molecular weight is 285 g/mol. The Kier molecular flexibility index (Phi) is 4.14. The molecule has 0 radical (unpaired) electrons. The Hall–Kier alpha value is -1.49. The van der Waals surface area contributed by atoms with E-state index in [0.717, 1.165) is 12.8 Å². The number of carboxylic acids is 1. The van der Waals surface area contributed by atoms with Gasteiger partial charge >= 0.3 is 5.97 Å². The van der Waals surface area contributed by atoms with Gasteiger partial charge in [0.25, 0.3) is 5.91 Å². The fourth-order valence-corrected chi connectivity index (χ4v) is 2.20. The summed E-state index contributed by atoms with van der Waals surface area (Å²) in [6, 6.07) is 1.98. The minimum absolute atomic E-state index is 0.137. The summed E-state index contributed by atoms with van der Waals surface area (Å²) in [5.41, 5.74) is 0.507. The molecular formula is C13H17ClN2O3. The van der Waals surface area contributed by atoms with E-state index in [1.165, 1.54) is 0 Å². The number of aromatic nitrogens is 1. The van der Waals surface area contributed by atoms with E-state index in [2.05, 4.69) is 5.32 Å². The quantitative estimate of drug-likeness (QED) is 0.842. The third kappa shape index (κ3) is 3.29. The predicted octanol–water partition coefficient (Wildman–Crippen LogP) is 2.32. The zero-order valence-corrected chi connectivity index (χ0v) is 11.5. The smallest absolute Gasteiger partial charge is 0.308 e. The molecule has 1 atom stereocenters. The molecule has 0 saturated heterocycles. The Morgan fingerprint density at radius 1 is 1.58 bits per heavy atom. The highest BCUT2D eigenvalue weighted by Gasteiger charge is 2.28. The van der Waals surface area contributed by atoms with Crippen molar-refractivity contribution in [2.45, 2.75) is 32.2 Å². The highest BCUT2D eigenvalue weighted by Crippen LogP contribution is 2.37. The summed E-state index contributed by atoms with van der Waals surface area (Å²) in [6.07, 6.45) is 4.35. The second-order valence-electron chi connectivity index (χ2n) is 4.84. The number of rotatable bonds is 6. The number of hydrogen-bond donors (Lipinski definition) is 2. The van der Waals surface area contributed by atoms with Gasteiger partial charge in [0.1, 0.15) is 5.69 Å². The molecule has 5 nitrogen and oxygen atoms in total. The topological polar surface area (TPSA) is 71.3 Å².